The van der Waals surface area contributed by atoms with E-state index in [2.05, 4.69) is 12.2 Å². The Morgan fingerprint density at radius 3 is 2.59 bits per heavy atom. The maximum absolute atomic E-state index is 12.1. The molecule has 0 aromatic heterocycles. The summed E-state index contributed by atoms with van der Waals surface area (Å²) in [6, 6.07) is 0.379. The minimum absolute atomic E-state index is 0.0677. The minimum Gasteiger partial charge on any atom is -0.378 e. The zero-order chi connectivity index (χ0) is 12.3. The van der Waals surface area contributed by atoms with Gasteiger partial charge in [0, 0.05) is 19.1 Å². The van der Waals surface area contributed by atoms with Gasteiger partial charge in [0.1, 0.15) is 0 Å². The summed E-state index contributed by atoms with van der Waals surface area (Å²) in [5, 5.41) is 3.42. The number of morpholine rings is 1. The highest BCUT2D eigenvalue weighted by Gasteiger charge is 2.27. The van der Waals surface area contributed by atoms with Crippen LogP contribution in [0, 0.1) is 5.92 Å². The van der Waals surface area contributed by atoms with E-state index in [1.165, 1.54) is 19.3 Å². The van der Waals surface area contributed by atoms with Crippen LogP contribution in [0.3, 0.4) is 0 Å². The van der Waals surface area contributed by atoms with Crippen molar-refractivity contribution in [3.05, 3.63) is 0 Å². The van der Waals surface area contributed by atoms with Crippen LogP contribution in [0.5, 0.6) is 0 Å². The third kappa shape index (κ3) is 3.96. The van der Waals surface area contributed by atoms with Crippen LogP contribution in [-0.2, 0) is 9.53 Å². The van der Waals surface area contributed by atoms with E-state index < -0.39 is 0 Å². The first-order valence-corrected chi connectivity index (χ1v) is 6.79. The third-order valence-corrected chi connectivity index (χ3v) is 3.61. The van der Waals surface area contributed by atoms with Gasteiger partial charge in [-0.2, -0.15) is 0 Å². The van der Waals surface area contributed by atoms with Crippen LogP contribution < -0.4 is 5.32 Å². The lowest BCUT2D eigenvalue weighted by Crippen LogP contribution is -2.51. The lowest BCUT2D eigenvalue weighted by molar-refractivity contribution is -0.137. The summed E-state index contributed by atoms with van der Waals surface area (Å²) in [4.78, 5) is 14.1. The molecule has 17 heavy (non-hydrogen) atoms. The second-order valence-electron chi connectivity index (χ2n) is 5.41. The summed E-state index contributed by atoms with van der Waals surface area (Å²) in [5.41, 5.74) is 0. The van der Waals surface area contributed by atoms with Crippen molar-refractivity contribution in [2.45, 2.75) is 45.2 Å². The summed E-state index contributed by atoms with van der Waals surface area (Å²) in [6.45, 7) is 6.98. The lowest BCUT2D eigenvalue weighted by Gasteiger charge is -2.30. The third-order valence-electron chi connectivity index (χ3n) is 3.61. The van der Waals surface area contributed by atoms with Crippen molar-refractivity contribution in [3.63, 3.8) is 0 Å². The van der Waals surface area contributed by atoms with Crippen LogP contribution in [0.4, 0.5) is 0 Å². The van der Waals surface area contributed by atoms with E-state index in [1.54, 1.807) is 0 Å². The highest BCUT2D eigenvalue weighted by molar-refractivity contribution is 5.81. The first-order valence-electron chi connectivity index (χ1n) is 6.79. The van der Waals surface area contributed by atoms with E-state index in [9.17, 15) is 4.79 Å². The van der Waals surface area contributed by atoms with Gasteiger partial charge >= 0.3 is 0 Å². The van der Waals surface area contributed by atoms with E-state index in [4.69, 9.17) is 4.74 Å². The topological polar surface area (TPSA) is 41.6 Å². The summed E-state index contributed by atoms with van der Waals surface area (Å²) < 4.78 is 5.26. The van der Waals surface area contributed by atoms with E-state index in [1.807, 2.05) is 11.8 Å². The van der Waals surface area contributed by atoms with Gasteiger partial charge in [-0.25, -0.2) is 0 Å². The number of hydrogen-bond acceptors (Lipinski definition) is 3. The molecule has 2 unspecified atom stereocenters. The zero-order valence-corrected chi connectivity index (χ0v) is 10.9. The van der Waals surface area contributed by atoms with Gasteiger partial charge in [0.15, 0.2) is 0 Å². The predicted molar refractivity (Wildman–Crippen MR) is 66.8 cm³/mol. The van der Waals surface area contributed by atoms with Gasteiger partial charge in [0.05, 0.1) is 19.3 Å². The molecule has 1 saturated heterocycles. The highest BCUT2D eigenvalue weighted by atomic mass is 16.5. The number of carbonyl (C=O) groups is 1. The highest BCUT2D eigenvalue weighted by Crippen LogP contribution is 2.33. The van der Waals surface area contributed by atoms with Crippen molar-refractivity contribution in [1.29, 1.82) is 0 Å². The quantitative estimate of drug-likeness (QED) is 0.780. The van der Waals surface area contributed by atoms with E-state index in [0.717, 1.165) is 19.0 Å². The van der Waals surface area contributed by atoms with Crippen LogP contribution in [-0.4, -0.2) is 49.2 Å². The van der Waals surface area contributed by atoms with Crippen molar-refractivity contribution in [3.8, 4) is 0 Å². The smallest absolute Gasteiger partial charge is 0.239 e. The Balaban J connectivity index is 1.72. The summed E-state index contributed by atoms with van der Waals surface area (Å²) >= 11 is 0. The molecule has 0 aromatic rings. The molecule has 0 aromatic carbocycles. The predicted octanol–water partition coefficient (Wildman–Crippen LogP) is 1.01. The minimum atomic E-state index is -0.0677. The van der Waals surface area contributed by atoms with E-state index in [0.29, 0.717) is 19.3 Å². The summed E-state index contributed by atoms with van der Waals surface area (Å²) in [6.07, 6.45) is 3.95. The number of ether oxygens (including phenoxy) is 1. The van der Waals surface area contributed by atoms with Crippen molar-refractivity contribution in [1.82, 2.24) is 10.2 Å². The molecule has 0 spiro atoms. The molecule has 4 nitrogen and oxygen atoms in total. The number of carbonyl (C=O) groups excluding carboxylic acids is 1. The van der Waals surface area contributed by atoms with Crippen LogP contribution in [0.1, 0.15) is 33.1 Å². The molecule has 1 amide bonds. The Morgan fingerprint density at radius 1 is 1.35 bits per heavy atom. The fraction of sp³-hybridized carbons (Fsp3) is 0.923. The standard InChI is InChI=1S/C13H24N2O2/c1-10(9-12-3-4-12)14-11(2)13(16)15-5-7-17-8-6-15/h10-12,14H,3-9H2,1-2H3. The second-order valence-corrected chi connectivity index (χ2v) is 5.41. The van der Waals surface area contributed by atoms with Crippen molar-refractivity contribution in [2.75, 3.05) is 26.3 Å². The van der Waals surface area contributed by atoms with Crippen molar-refractivity contribution in [2.24, 2.45) is 5.92 Å². The molecule has 4 heteroatoms. The molecule has 2 fully saturated rings. The van der Waals surface area contributed by atoms with Gasteiger partial charge < -0.3 is 15.0 Å². The summed E-state index contributed by atoms with van der Waals surface area (Å²) in [5.74, 6) is 1.12. The first-order chi connectivity index (χ1) is 8.16. The van der Waals surface area contributed by atoms with Crippen LogP contribution in [0.2, 0.25) is 0 Å². The molecule has 2 rings (SSSR count). The average molecular weight is 240 g/mol. The van der Waals surface area contributed by atoms with Gasteiger partial charge in [0.25, 0.3) is 0 Å². The molecule has 1 saturated carbocycles. The number of amides is 1. The van der Waals surface area contributed by atoms with Crippen LogP contribution in [0.25, 0.3) is 0 Å². The van der Waals surface area contributed by atoms with Gasteiger partial charge in [-0.05, 0) is 26.2 Å². The Labute approximate surface area is 104 Å². The van der Waals surface area contributed by atoms with Crippen molar-refractivity contribution < 1.29 is 9.53 Å². The van der Waals surface area contributed by atoms with E-state index >= 15 is 0 Å². The molecule has 1 N–H and O–H groups in total. The monoisotopic (exact) mass is 240 g/mol. The number of nitrogens with zero attached hydrogens (tertiary/aromatic N) is 1. The Kier molecular flexibility index (Phi) is 4.40. The maximum Gasteiger partial charge on any atom is 0.239 e. The SMILES string of the molecule is CC(CC1CC1)NC(C)C(=O)N1CCOCC1. The molecule has 0 radical (unpaired) electrons. The van der Waals surface area contributed by atoms with Crippen LogP contribution in [0.15, 0.2) is 0 Å². The molecule has 0 bridgehead atoms. The molecule has 1 aliphatic heterocycles. The Morgan fingerprint density at radius 2 is 2.00 bits per heavy atom. The second kappa shape index (κ2) is 5.83. The zero-order valence-electron chi connectivity index (χ0n) is 10.9. The number of hydrogen-bond donors (Lipinski definition) is 1. The molecule has 1 aliphatic carbocycles. The number of rotatable bonds is 5. The maximum atomic E-state index is 12.1. The molecular formula is C13H24N2O2. The van der Waals surface area contributed by atoms with Gasteiger partial charge in [0.2, 0.25) is 5.91 Å². The molecule has 2 aliphatic rings. The van der Waals surface area contributed by atoms with Crippen LogP contribution >= 0.6 is 0 Å². The largest absolute Gasteiger partial charge is 0.378 e. The Hall–Kier alpha value is -0.610. The fourth-order valence-corrected chi connectivity index (χ4v) is 2.48. The normalized spacial score (nSPS) is 24.5. The lowest BCUT2D eigenvalue weighted by atomic mass is 10.1. The average Bonchev–Trinajstić information content (AvgIpc) is 3.12. The van der Waals surface area contributed by atoms with Gasteiger partial charge in [-0.3, -0.25) is 4.79 Å². The molecular weight excluding hydrogens is 216 g/mol. The molecule has 1 heterocycles. The van der Waals surface area contributed by atoms with Gasteiger partial charge in [-0.15, -0.1) is 0 Å². The summed E-state index contributed by atoms with van der Waals surface area (Å²) in [7, 11) is 0. The van der Waals surface area contributed by atoms with Gasteiger partial charge in [-0.1, -0.05) is 12.8 Å². The fourth-order valence-electron chi connectivity index (χ4n) is 2.48. The number of nitrogens with one attached hydrogen (secondary N) is 1. The van der Waals surface area contributed by atoms with Crippen molar-refractivity contribution >= 4 is 5.91 Å². The van der Waals surface area contributed by atoms with E-state index in [-0.39, 0.29) is 11.9 Å². The Bertz CT molecular complexity index is 260. The first kappa shape index (κ1) is 12.8. The molecule has 98 valence electrons. The molecule has 2 atom stereocenters.